The molecule has 2 N–H and O–H groups in total. The van der Waals surface area contributed by atoms with Crippen LogP contribution >= 0.6 is 0 Å². The van der Waals surface area contributed by atoms with Crippen LogP contribution in [0.15, 0.2) is 0 Å². The van der Waals surface area contributed by atoms with E-state index in [4.69, 9.17) is 0 Å². The normalized spacial score (nSPS) is 1.67. The zero-order valence-electron chi connectivity index (χ0n) is 3.76. The van der Waals surface area contributed by atoms with Crippen molar-refractivity contribution in [2.45, 2.75) is 10.5 Å². The molecule has 0 aromatic rings. The second-order valence-corrected chi connectivity index (χ2v) is 2.06. The third-order valence-corrected chi connectivity index (χ3v) is 0. The summed E-state index contributed by atoms with van der Waals surface area (Å²) in [7, 11) is 0. The Morgan fingerprint density at radius 3 is 1.00 bits per heavy atom. The Labute approximate surface area is 59.9 Å². The fraction of sp³-hybridized carbons (Fsp3) is 1.00. The van der Waals surface area contributed by atoms with E-state index in [-0.39, 0.29) is 30.3 Å². The average molecular weight is 167 g/mol. The van der Waals surface area contributed by atoms with Gasteiger partial charge in [0, 0.05) is 0 Å². The van der Waals surface area contributed by atoms with Crippen LogP contribution in [-0.4, -0.2) is 5.48 Å². The van der Waals surface area contributed by atoms with Gasteiger partial charge in [-0.25, -0.2) is 0 Å². The van der Waals surface area contributed by atoms with Crippen molar-refractivity contribution in [3.8, 4) is 0 Å². The van der Waals surface area contributed by atoms with Crippen LogP contribution in [0.25, 0.3) is 0 Å². The monoisotopic (exact) mass is 166 g/mol. The van der Waals surface area contributed by atoms with Gasteiger partial charge in [0.1, 0.15) is 0 Å². The standard InChI is InChI=1S/2CH3.2ClH.H2O.Ti/h2*1H3;2*1H;1H2;/q;;;;;+2/p-2. The van der Waals surface area contributed by atoms with E-state index in [9.17, 15) is 0 Å². The van der Waals surface area contributed by atoms with E-state index in [2.05, 4.69) is 10.5 Å². The molecule has 0 saturated heterocycles. The summed E-state index contributed by atoms with van der Waals surface area (Å²) in [6.07, 6.45) is 0. The third-order valence-electron chi connectivity index (χ3n) is 0. The molecule has 0 rings (SSSR count). The first kappa shape index (κ1) is 26.8. The molecule has 0 aliphatic rings. The van der Waals surface area contributed by atoms with Gasteiger partial charge in [-0.1, -0.05) is 0 Å². The van der Waals surface area contributed by atoms with Gasteiger partial charge < -0.3 is 30.3 Å². The van der Waals surface area contributed by atoms with Crippen LogP contribution in [0.5, 0.6) is 0 Å². The Hall–Kier alpha value is 1.25. The third kappa shape index (κ3) is 60.4. The molecule has 0 saturated carbocycles. The number of hydrogen-bond acceptors (Lipinski definition) is 0. The van der Waals surface area contributed by atoms with Crippen molar-refractivity contribution in [1.29, 1.82) is 0 Å². The second kappa shape index (κ2) is 34.0. The summed E-state index contributed by atoms with van der Waals surface area (Å²) in [5, 5.41) is 4.50. The first-order valence-electron chi connectivity index (χ1n) is 1.00. The van der Waals surface area contributed by atoms with E-state index in [0.717, 1.165) is 0 Å². The molecule has 0 heterocycles. The van der Waals surface area contributed by atoms with Gasteiger partial charge in [0.2, 0.25) is 0 Å². The zero-order valence-corrected chi connectivity index (χ0v) is 6.83. The van der Waals surface area contributed by atoms with Crippen molar-refractivity contribution >= 4 is 0 Å². The summed E-state index contributed by atoms with van der Waals surface area (Å²) >= 11 is 0.500. The van der Waals surface area contributed by atoms with E-state index >= 15 is 0 Å². The van der Waals surface area contributed by atoms with Gasteiger partial charge in [-0.15, -0.1) is 0 Å². The van der Waals surface area contributed by atoms with E-state index in [0.29, 0.717) is 19.2 Å². The molecule has 0 aliphatic heterocycles. The molecule has 0 spiro atoms. The second-order valence-electron chi connectivity index (χ2n) is 0.500. The van der Waals surface area contributed by atoms with Crippen LogP contribution < -0.4 is 24.8 Å². The topological polar surface area (TPSA) is 31.5 Å². The summed E-state index contributed by atoms with van der Waals surface area (Å²) in [6, 6.07) is 0. The number of hydrogen-bond donors (Lipinski definition) is 0. The molecular formula is C2H8Cl2OTi. The molecule has 4 heteroatoms. The fourth-order valence-corrected chi connectivity index (χ4v) is 0. The summed E-state index contributed by atoms with van der Waals surface area (Å²) in [5.41, 5.74) is 0. The molecule has 0 atom stereocenters. The minimum atomic E-state index is 0. The molecule has 6 heavy (non-hydrogen) atoms. The van der Waals surface area contributed by atoms with Crippen LogP contribution in [-0.2, 0) is 19.2 Å². The summed E-state index contributed by atoms with van der Waals surface area (Å²) < 4.78 is 0. The minimum absolute atomic E-state index is 0. The molecular weight excluding hydrogens is 159 g/mol. The quantitative estimate of drug-likeness (QED) is 0.322. The van der Waals surface area contributed by atoms with Crippen LogP contribution in [0.1, 0.15) is 0 Å². The van der Waals surface area contributed by atoms with Crippen molar-refractivity contribution in [2.24, 2.45) is 0 Å². The van der Waals surface area contributed by atoms with Crippen LogP contribution in [0.4, 0.5) is 0 Å². The molecule has 0 bridgehead atoms. The zero-order chi connectivity index (χ0) is 2.71. The number of halogens is 2. The SMILES string of the molecule is O.[CH3][Ti+2][CH3].[Cl-].[Cl-]. The molecule has 0 fully saturated rings. The molecule has 1 nitrogen and oxygen atoms in total. The summed E-state index contributed by atoms with van der Waals surface area (Å²) in [4.78, 5) is 0. The van der Waals surface area contributed by atoms with Gasteiger partial charge in [0.05, 0.1) is 0 Å². The summed E-state index contributed by atoms with van der Waals surface area (Å²) in [6.45, 7) is 0. The minimum Gasteiger partial charge on any atom is -1.00 e. The van der Waals surface area contributed by atoms with E-state index in [1.54, 1.807) is 0 Å². The summed E-state index contributed by atoms with van der Waals surface area (Å²) in [5.74, 6) is 0. The molecule has 0 unspecified atom stereocenters. The Kier molecular flexibility index (Phi) is 152. The predicted octanol–water partition coefficient (Wildman–Crippen LogP) is -5.65. The Balaban J connectivity index is -0.00000000667. The smallest absolute Gasteiger partial charge is 1.00 e. The van der Waals surface area contributed by atoms with Crippen molar-refractivity contribution in [1.82, 2.24) is 0 Å². The Bertz CT molecular complexity index is 11.5. The largest absolute Gasteiger partial charge is 1.00 e. The van der Waals surface area contributed by atoms with E-state index < -0.39 is 0 Å². The molecule has 0 radical (unpaired) electrons. The van der Waals surface area contributed by atoms with Crippen molar-refractivity contribution < 1.29 is 49.4 Å². The van der Waals surface area contributed by atoms with Gasteiger partial charge in [-0.05, 0) is 0 Å². The Morgan fingerprint density at radius 1 is 1.00 bits per heavy atom. The average Bonchev–Trinajstić information content (AvgIpc) is 0.918. The first-order chi connectivity index (χ1) is 1.41. The maximum absolute atomic E-state index is 2.25. The van der Waals surface area contributed by atoms with Gasteiger partial charge >= 0.3 is 29.6 Å². The van der Waals surface area contributed by atoms with E-state index in [1.165, 1.54) is 0 Å². The van der Waals surface area contributed by atoms with E-state index in [1.807, 2.05) is 0 Å². The van der Waals surface area contributed by atoms with Crippen molar-refractivity contribution in [3.63, 3.8) is 0 Å². The first-order valence-corrected chi connectivity index (χ1v) is 4.12. The number of rotatable bonds is 0. The van der Waals surface area contributed by atoms with Crippen LogP contribution in [0.2, 0.25) is 10.5 Å². The fourth-order valence-electron chi connectivity index (χ4n) is 0. The maximum Gasteiger partial charge on any atom is -1.00 e. The van der Waals surface area contributed by atoms with Crippen molar-refractivity contribution in [3.05, 3.63) is 0 Å². The van der Waals surface area contributed by atoms with Gasteiger partial charge in [-0.2, -0.15) is 0 Å². The molecule has 0 aromatic heterocycles. The van der Waals surface area contributed by atoms with Gasteiger partial charge in [-0.3, -0.25) is 0 Å². The van der Waals surface area contributed by atoms with Crippen LogP contribution in [0, 0.1) is 0 Å². The molecule has 0 aliphatic carbocycles. The van der Waals surface area contributed by atoms with Crippen molar-refractivity contribution in [2.75, 3.05) is 0 Å². The Morgan fingerprint density at radius 2 is 1.00 bits per heavy atom. The molecule has 40 valence electrons. The molecule has 0 aromatic carbocycles. The molecule has 0 amide bonds. The van der Waals surface area contributed by atoms with Gasteiger partial charge in [0.15, 0.2) is 0 Å². The van der Waals surface area contributed by atoms with Crippen LogP contribution in [0.3, 0.4) is 0 Å². The predicted molar refractivity (Wildman–Crippen MR) is 15.3 cm³/mol. The van der Waals surface area contributed by atoms with Gasteiger partial charge in [0.25, 0.3) is 0 Å². The maximum atomic E-state index is 2.25.